The van der Waals surface area contributed by atoms with Crippen LogP contribution in [0.5, 0.6) is 5.75 Å². The topological polar surface area (TPSA) is 79.8 Å². The van der Waals surface area contributed by atoms with Crippen molar-refractivity contribution in [3.8, 4) is 5.75 Å². The molecule has 2 rings (SSSR count). The first-order chi connectivity index (χ1) is 12.7. The van der Waals surface area contributed by atoms with Gasteiger partial charge in [0.1, 0.15) is 5.75 Å². The maximum absolute atomic E-state index is 12.3. The van der Waals surface area contributed by atoms with Crippen molar-refractivity contribution in [1.82, 2.24) is 5.43 Å². The van der Waals surface area contributed by atoms with Crippen molar-refractivity contribution < 1.29 is 27.5 Å². The fourth-order valence-electron chi connectivity index (χ4n) is 2.12. The molecule has 0 bridgehead atoms. The largest absolute Gasteiger partial charge is 0.496 e. The summed E-state index contributed by atoms with van der Waals surface area (Å²) < 4.78 is 42.1. The zero-order chi connectivity index (χ0) is 20.0. The van der Waals surface area contributed by atoms with Crippen molar-refractivity contribution in [2.75, 3.05) is 12.4 Å². The number of carbonyl (C=O) groups is 2. The first kappa shape index (κ1) is 20.0. The summed E-state index contributed by atoms with van der Waals surface area (Å²) in [6.45, 7) is 1.56. The molecule has 6 nitrogen and oxygen atoms in total. The summed E-state index contributed by atoms with van der Waals surface area (Å²) in [5, 5.41) is 5.70. The first-order valence-corrected chi connectivity index (χ1v) is 7.68. The standard InChI is InChI=1S/C18H16F3N3O3/c1-11(23-24-16(25)14-8-3-4-9-15(14)27-2)12-6-5-7-13(10-12)22-17(26)18(19,20)21/h3-10H,1-2H3,(H,22,26)(H,24,25)/b23-11-. The minimum absolute atomic E-state index is 0.0413. The number of benzene rings is 2. The summed E-state index contributed by atoms with van der Waals surface area (Å²) in [4.78, 5) is 23.2. The van der Waals surface area contributed by atoms with Crippen molar-refractivity contribution in [1.29, 1.82) is 0 Å². The van der Waals surface area contributed by atoms with Gasteiger partial charge in [0, 0.05) is 5.69 Å². The number of halogens is 3. The number of nitrogens with zero attached hydrogens (tertiary/aromatic N) is 1. The van der Waals surface area contributed by atoms with E-state index < -0.39 is 18.0 Å². The summed E-state index contributed by atoms with van der Waals surface area (Å²) in [6, 6.07) is 12.2. The van der Waals surface area contributed by atoms with Crippen molar-refractivity contribution in [2.45, 2.75) is 13.1 Å². The van der Waals surface area contributed by atoms with E-state index in [9.17, 15) is 22.8 Å². The minimum atomic E-state index is -4.98. The molecule has 0 unspecified atom stereocenters. The second-order valence-electron chi connectivity index (χ2n) is 5.37. The van der Waals surface area contributed by atoms with Gasteiger partial charge in [0.15, 0.2) is 0 Å². The summed E-state index contributed by atoms with van der Waals surface area (Å²) in [7, 11) is 1.43. The molecule has 2 N–H and O–H groups in total. The summed E-state index contributed by atoms with van der Waals surface area (Å²) in [5.74, 6) is -2.20. The number of hydrogen-bond donors (Lipinski definition) is 2. The van der Waals surface area contributed by atoms with E-state index in [1.54, 1.807) is 42.6 Å². The summed E-state index contributed by atoms with van der Waals surface area (Å²) in [5.41, 5.74) is 3.36. The van der Waals surface area contributed by atoms with Gasteiger partial charge in [-0.05, 0) is 36.8 Å². The van der Waals surface area contributed by atoms with Crippen LogP contribution in [0.3, 0.4) is 0 Å². The molecule has 2 amide bonds. The second kappa shape index (κ2) is 8.35. The lowest BCUT2D eigenvalue weighted by molar-refractivity contribution is -0.167. The number of methoxy groups -OCH3 is 1. The van der Waals surface area contributed by atoms with Gasteiger partial charge in [0.05, 0.1) is 18.4 Å². The monoisotopic (exact) mass is 379 g/mol. The first-order valence-electron chi connectivity index (χ1n) is 7.68. The molecule has 0 spiro atoms. The number of amides is 2. The molecule has 2 aromatic rings. The lowest BCUT2D eigenvalue weighted by atomic mass is 10.1. The number of alkyl halides is 3. The number of anilines is 1. The van der Waals surface area contributed by atoms with Crippen LogP contribution in [-0.2, 0) is 4.79 Å². The molecule has 142 valence electrons. The van der Waals surface area contributed by atoms with E-state index >= 15 is 0 Å². The van der Waals surface area contributed by atoms with Crippen LogP contribution in [0.1, 0.15) is 22.8 Å². The predicted molar refractivity (Wildman–Crippen MR) is 93.8 cm³/mol. The number of carbonyl (C=O) groups excluding carboxylic acids is 2. The zero-order valence-electron chi connectivity index (χ0n) is 14.4. The van der Waals surface area contributed by atoms with Crippen molar-refractivity contribution >= 4 is 23.2 Å². The molecule has 0 aliphatic rings. The third-order valence-corrected chi connectivity index (χ3v) is 3.47. The highest BCUT2D eigenvalue weighted by Crippen LogP contribution is 2.19. The Kier molecular flexibility index (Phi) is 6.17. The zero-order valence-corrected chi connectivity index (χ0v) is 14.4. The molecule has 0 radical (unpaired) electrons. The SMILES string of the molecule is COc1ccccc1C(=O)N/N=C(/C)c1cccc(NC(=O)C(F)(F)F)c1. The fraction of sp³-hybridized carbons (Fsp3) is 0.167. The van der Waals surface area contributed by atoms with Crippen LogP contribution in [0.2, 0.25) is 0 Å². The number of para-hydroxylation sites is 1. The normalized spacial score (nSPS) is 11.7. The van der Waals surface area contributed by atoms with Crippen LogP contribution < -0.4 is 15.5 Å². The van der Waals surface area contributed by atoms with Crippen molar-refractivity contribution in [3.63, 3.8) is 0 Å². The number of hydrogen-bond acceptors (Lipinski definition) is 4. The molecule has 0 aromatic heterocycles. The van der Waals surface area contributed by atoms with Crippen LogP contribution in [-0.4, -0.2) is 30.8 Å². The van der Waals surface area contributed by atoms with E-state index in [0.29, 0.717) is 17.0 Å². The molecule has 0 saturated heterocycles. The van der Waals surface area contributed by atoms with Gasteiger partial charge in [0.2, 0.25) is 0 Å². The lowest BCUT2D eigenvalue weighted by Gasteiger charge is -2.10. The molecule has 2 aromatic carbocycles. The predicted octanol–water partition coefficient (Wildman–Crippen LogP) is 3.35. The number of rotatable bonds is 5. The number of ether oxygens (including phenoxy) is 1. The van der Waals surface area contributed by atoms with E-state index in [4.69, 9.17) is 4.74 Å². The third-order valence-electron chi connectivity index (χ3n) is 3.47. The van der Waals surface area contributed by atoms with Gasteiger partial charge >= 0.3 is 12.1 Å². The quantitative estimate of drug-likeness (QED) is 0.618. The van der Waals surface area contributed by atoms with E-state index in [0.717, 1.165) is 0 Å². The van der Waals surface area contributed by atoms with Gasteiger partial charge in [-0.2, -0.15) is 18.3 Å². The van der Waals surface area contributed by atoms with Crippen molar-refractivity contribution in [3.05, 3.63) is 59.7 Å². The Hall–Kier alpha value is -3.36. The van der Waals surface area contributed by atoms with Crippen LogP contribution in [0, 0.1) is 0 Å². The molecule has 0 atom stereocenters. The van der Waals surface area contributed by atoms with E-state index in [1.807, 2.05) is 0 Å². The van der Waals surface area contributed by atoms with Gasteiger partial charge < -0.3 is 10.1 Å². The maximum atomic E-state index is 12.3. The lowest BCUT2D eigenvalue weighted by Crippen LogP contribution is -2.29. The molecule has 0 aliphatic carbocycles. The van der Waals surface area contributed by atoms with Gasteiger partial charge in [-0.1, -0.05) is 24.3 Å². The molecular formula is C18H16F3N3O3. The van der Waals surface area contributed by atoms with Gasteiger partial charge in [-0.25, -0.2) is 5.43 Å². The molecule has 0 fully saturated rings. The Morgan fingerprint density at radius 2 is 1.78 bits per heavy atom. The van der Waals surface area contributed by atoms with E-state index in [1.165, 1.54) is 25.3 Å². The Labute approximate surface area is 153 Å². The van der Waals surface area contributed by atoms with E-state index in [2.05, 4.69) is 10.5 Å². The maximum Gasteiger partial charge on any atom is 0.471 e. The smallest absolute Gasteiger partial charge is 0.471 e. The highest BCUT2D eigenvalue weighted by molar-refractivity contribution is 6.03. The second-order valence-corrected chi connectivity index (χ2v) is 5.37. The number of nitrogens with one attached hydrogen (secondary N) is 2. The average molecular weight is 379 g/mol. The Morgan fingerprint density at radius 1 is 1.07 bits per heavy atom. The van der Waals surface area contributed by atoms with Crippen molar-refractivity contribution in [2.24, 2.45) is 5.10 Å². The minimum Gasteiger partial charge on any atom is -0.496 e. The Morgan fingerprint density at radius 3 is 2.44 bits per heavy atom. The molecule has 27 heavy (non-hydrogen) atoms. The van der Waals surface area contributed by atoms with Crippen LogP contribution in [0.15, 0.2) is 53.6 Å². The van der Waals surface area contributed by atoms with E-state index in [-0.39, 0.29) is 11.3 Å². The van der Waals surface area contributed by atoms with Gasteiger partial charge in [-0.15, -0.1) is 0 Å². The van der Waals surface area contributed by atoms with Crippen LogP contribution in [0.25, 0.3) is 0 Å². The molecule has 0 saturated carbocycles. The Bertz CT molecular complexity index is 879. The highest BCUT2D eigenvalue weighted by Gasteiger charge is 2.38. The molecule has 0 heterocycles. The molecule has 0 aliphatic heterocycles. The van der Waals surface area contributed by atoms with Gasteiger partial charge in [0.25, 0.3) is 5.91 Å². The molecular weight excluding hydrogens is 363 g/mol. The van der Waals surface area contributed by atoms with Gasteiger partial charge in [-0.3, -0.25) is 9.59 Å². The summed E-state index contributed by atoms with van der Waals surface area (Å²) in [6.07, 6.45) is -4.98. The third kappa shape index (κ3) is 5.30. The number of hydrazone groups is 1. The highest BCUT2D eigenvalue weighted by atomic mass is 19.4. The average Bonchev–Trinajstić information content (AvgIpc) is 2.65. The fourth-order valence-corrected chi connectivity index (χ4v) is 2.12. The van der Waals surface area contributed by atoms with Crippen LogP contribution >= 0.6 is 0 Å². The Balaban J connectivity index is 2.13. The van der Waals surface area contributed by atoms with Crippen LogP contribution in [0.4, 0.5) is 18.9 Å². The summed E-state index contributed by atoms with van der Waals surface area (Å²) >= 11 is 0. The molecule has 9 heteroatoms.